The maximum Gasteiger partial charge on any atom is 0.316 e. The number of nitrogens with two attached hydrogens (primary N) is 1. The normalized spacial score (nSPS) is 21.6. The Morgan fingerprint density at radius 2 is 2.24 bits per heavy atom. The van der Waals surface area contributed by atoms with Crippen molar-refractivity contribution >= 4 is 0 Å². The summed E-state index contributed by atoms with van der Waals surface area (Å²) in [5, 5.41) is 0. The Hall–Kier alpha value is -1.40. The zero-order valence-corrected chi connectivity index (χ0v) is 9.83. The van der Waals surface area contributed by atoms with Crippen LogP contribution in [0.1, 0.15) is 6.42 Å². The highest BCUT2D eigenvalue weighted by Gasteiger charge is 2.23. The predicted molar refractivity (Wildman–Crippen MR) is 62.8 cm³/mol. The summed E-state index contributed by atoms with van der Waals surface area (Å²) in [6, 6.07) is -0.151. The molecule has 94 valence electrons. The molecular formula is C11H17N3O3. The molecule has 6 heteroatoms. The minimum absolute atomic E-state index is 0.151. The molecule has 1 aliphatic rings. The lowest BCUT2D eigenvalue weighted by Gasteiger charge is -2.18. The maximum atomic E-state index is 11.7. The highest BCUT2D eigenvalue weighted by Crippen LogP contribution is 2.15. The molecule has 2 atom stereocenters. The lowest BCUT2D eigenvalue weighted by Crippen LogP contribution is -2.44. The topological polar surface area (TPSA) is 79.2 Å². The lowest BCUT2D eigenvalue weighted by atomic mass is 10.00. The molecule has 1 aromatic rings. The zero-order chi connectivity index (χ0) is 12.4. The van der Waals surface area contributed by atoms with E-state index in [0.717, 1.165) is 13.0 Å². The predicted octanol–water partition coefficient (Wildman–Crippen LogP) is -1.09. The van der Waals surface area contributed by atoms with Crippen LogP contribution >= 0.6 is 0 Å². The van der Waals surface area contributed by atoms with Crippen molar-refractivity contribution < 1.29 is 4.74 Å². The number of aryl methyl sites for hydroxylation is 1. The Kier molecular flexibility index (Phi) is 3.44. The molecule has 0 aliphatic carbocycles. The van der Waals surface area contributed by atoms with Gasteiger partial charge in [-0.2, -0.15) is 0 Å². The second-order valence-electron chi connectivity index (χ2n) is 4.46. The molecule has 2 heterocycles. The second-order valence-corrected chi connectivity index (χ2v) is 4.46. The van der Waals surface area contributed by atoms with E-state index in [4.69, 9.17) is 10.5 Å². The van der Waals surface area contributed by atoms with Crippen LogP contribution < -0.4 is 16.9 Å². The third kappa shape index (κ3) is 2.48. The molecule has 0 bridgehead atoms. The van der Waals surface area contributed by atoms with E-state index in [1.165, 1.54) is 9.13 Å². The van der Waals surface area contributed by atoms with Gasteiger partial charge in [-0.15, -0.1) is 0 Å². The molecule has 17 heavy (non-hydrogen) atoms. The van der Waals surface area contributed by atoms with Gasteiger partial charge in [0.2, 0.25) is 0 Å². The smallest absolute Gasteiger partial charge is 0.316 e. The lowest BCUT2D eigenvalue weighted by molar-refractivity contribution is 0.178. The van der Waals surface area contributed by atoms with Crippen LogP contribution in [0.15, 0.2) is 22.0 Å². The molecule has 2 N–H and O–H groups in total. The minimum Gasteiger partial charge on any atom is -0.381 e. The molecule has 1 fully saturated rings. The van der Waals surface area contributed by atoms with Crippen LogP contribution in [0.2, 0.25) is 0 Å². The molecule has 2 unspecified atom stereocenters. The average Bonchev–Trinajstić information content (AvgIpc) is 2.83. The van der Waals surface area contributed by atoms with Gasteiger partial charge in [0.05, 0.1) is 6.61 Å². The third-order valence-corrected chi connectivity index (χ3v) is 3.21. The number of rotatable bonds is 3. The van der Waals surface area contributed by atoms with E-state index in [0.29, 0.717) is 13.2 Å². The van der Waals surface area contributed by atoms with E-state index < -0.39 is 11.1 Å². The van der Waals surface area contributed by atoms with Gasteiger partial charge >= 0.3 is 11.1 Å². The fourth-order valence-corrected chi connectivity index (χ4v) is 2.00. The van der Waals surface area contributed by atoms with Crippen molar-refractivity contribution in [3.63, 3.8) is 0 Å². The molecule has 0 spiro atoms. The van der Waals surface area contributed by atoms with E-state index in [2.05, 4.69) is 0 Å². The van der Waals surface area contributed by atoms with E-state index in [1.54, 1.807) is 19.4 Å². The van der Waals surface area contributed by atoms with Gasteiger partial charge in [-0.1, -0.05) is 0 Å². The average molecular weight is 239 g/mol. The zero-order valence-electron chi connectivity index (χ0n) is 9.83. The van der Waals surface area contributed by atoms with E-state index in [9.17, 15) is 9.59 Å². The molecule has 0 aromatic carbocycles. The van der Waals surface area contributed by atoms with Crippen LogP contribution in [-0.4, -0.2) is 28.4 Å². The van der Waals surface area contributed by atoms with Gasteiger partial charge in [-0.25, -0.2) is 0 Å². The molecule has 2 rings (SSSR count). The van der Waals surface area contributed by atoms with Gasteiger partial charge < -0.3 is 19.6 Å². The second kappa shape index (κ2) is 4.85. The molecule has 0 saturated carbocycles. The van der Waals surface area contributed by atoms with E-state index >= 15 is 0 Å². The Morgan fingerprint density at radius 3 is 2.88 bits per heavy atom. The molecule has 6 nitrogen and oxygen atoms in total. The van der Waals surface area contributed by atoms with E-state index in [-0.39, 0.29) is 12.0 Å². The monoisotopic (exact) mass is 239 g/mol. The van der Waals surface area contributed by atoms with Gasteiger partial charge in [-0.05, 0) is 6.42 Å². The standard InChI is InChI=1S/C11H17N3O3/c1-13-3-4-14(11(16)10(13)15)6-9(12)8-2-5-17-7-8/h3-4,8-9H,2,5-7,12H2,1H3. The molecule has 1 saturated heterocycles. The van der Waals surface area contributed by atoms with Gasteiger partial charge in [0.1, 0.15) is 0 Å². The first-order chi connectivity index (χ1) is 8.09. The summed E-state index contributed by atoms with van der Waals surface area (Å²) in [5.41, 5.74) is 4.97. The first-order valence-electron chi connectivity index (χ1n) is 5.69. The fourth-order valence-electron chi connectivity index (χ4n) is 2.00. The van der Waals surface area contributed by atoms with Crippen LogP contribution in [0.5, 0.6) is 0 Å². The van der Waals surface area contributed by atoms with Crippen molar-refractivity contribution in [3.05, 3.63) is 33.1 Å². The van der Waals surface area contributed by atoms with Gasteiger partial charge in [-0.3, -0.25) is 9.59 Å². The first-order valence-corrected chi connectivity index (χ1v) is 5.69. The number of aromatic nitrogens is 2. The SMILES string of the molecule is Cn1ccn(CC(N)C2CCOC2)c(=O)c1=O. The molecule has 0 amide bonds. The Labute approximate surface area is 98.6 Å². The summed E-state index contributed by atoms with van der Waals surface area (Å²) < 4.78 is 7.90. The first kappa shape index (κ1) is 12.1. The van der Waals surface area contributed by atoms with Crippen molar-refractivity contribution in [2.24, 2.45) is 18.7 Å². The van der Waals surface area contributed by atoms with Crippen molar-refractivity contribution in [1.82, 2.24) is 9.13 Å². The summed E-state index contributed by atoms with van der Waals surface area (Å²) in [7, 11) is 1.55. The van der Waals surface area contributed by atoms with Crippen LogP contribution in [0.3, 0.4) is 0 Å². The summed E-state index contributed by atoms with van der Waals surface area (Å²) >= 11 is 0. The van der Waals surface area contributed by atoms with Crippen molar-refractivity contribution in [1.29, 1.82) is 0 Å². The largest absolute Gasteiger partial charge is 0.381 e. The molecule has 1 aliphatic heterocycles. The number of hydrogen-bond acceptors (Lipinski definition) is 4. The Balaban J connectivity index is 2.16. The van der Waals surface area contributed by atoms with E-state index in [1.807, 2.05) is 0 Å². The Morgan fingerprint density at radius 1 is 1.47 bits per heavy atom. The molecule has 0 radical (unpaired) electrons. The summed E-state index contributed by atoms with van der Waals surface area (Å²) in [6.07, 6.45) is 4.09. The van der Waals surface area contributed by atoms with Crippen LogP contribution in [-0.2, 0) is 18.3 Å². The molecular weight excluding hydrogens is 222 g/mol. The van der Waals surface area contributed by atoms with Crippen LogP contribution in [0.25, 0.3) is 0 Å². The minimum atomic E-state index is -0.526. The van der Waals surface area contributed by atoms with Crippen molar-refractivity contribution in [3.8, 4) is 0 Å². The van der Waals surface area contributed by atoms with Crippen LogP contribution in [0.4, 0.5) is 0 Å². The summed E-state index contributed by atoms with van der Waals surface area (Å²) in [5.74, 6) is 0.269. The highest BCUT2D eigenvalue weighted by atomic mass is 16.5. The fraction of sp³-hybridized carbons (Fsp3) is 0.636. The van der Waals surface area contributed by atoms with Crippen molar-refractivity contribution in [2.45, 2.75) is 19.0 Å². The summed E-state index contributed by atoms with van der Waals surface area (Å²) in [6.45, 7) is 1.73. The number of ether oxygens (including phenoxy) is 1. The highest BCUT2D eigenvalue weighted by molar-refractivity contribution is 4.87. The van der Waals surface area contributed by atoms with Gasteiger partial charge in [0, 0.05) is 44.6 Å². The van der Waals surface area contributed by atoms with Gasteiger partial charge in [0.15, 0.2) is 0 Å². The number of nitrogens with zero attached hydrogens (tertiary/aromatic N) is 2. The molecule has 1 aromatic heterocycles. The van der Waals surface area contributed by atoms with Crippen LogP contribution in [0, 0.1) is 5.92 Å². The van der Waals surface area contributed by atoms with Crippen molar-refractivity contribution in [2.75, 3.05) is 13.2 Å². The Bertz CT molecular complexity index is 499. The number of hydrogen-bond donors (Lipinski definition) is 1. The quantitative estimate of drug-likeness (QED) is 0.680. The van der Waals surface area contributed by atoms with Gasteiger partial charge in [0.25, 0.3) is 0 Å². The maximum absolute atomic E-state index is 11.7. The summed E-state index contributed by atoms with van der Waals surface area (Å²) in [4.78, 5) is 23.1. The third-order valence-electron chi connectivity index (χ3n) is 3.21.